The predicted octanol–water partition coefficient (Wildman–Crippen LogP) is 3.45. The Labute approximate surface area is 164 Å². The van der Waals surface area contributed by atoms with E-state index in [2.05, 4.69) is 26.8 Å². The number of hydrogen-bond acceptors (Lipinski definition) is 3. The molecule has 0 amide bonds. The quantitative estimate of drug-likeness (QED) is 0.507. The molecule has 0 aliphatic rings. The number of methoxy groups -OCH3 is 1. The fraction of sp³-hybridized carbons (Fsp3) is 0.238. The van der Waals surface area contributed by atoms with E-state index >= 15 is 0 Å². The van der Waals surface area contributed by atoms with Crippen molar-refractivity contribution >= 4 is 5.96 Å². The van der Waals surface area contributed by atoms with Crippen LogP contribution in [0.25, 0.3) is 5.69 Å². The number of halogens is 1. The molecule has 0 aliphatic heterocycles. The van der Waals surface area contributed by atoms with Gasteiger partial charge in [-0.2, -0.15) is 5.10 Å². The zero-order valence-electron chi connectivity index (χ0n) is 16.2. The molecule has 3 aromatic rings. The minimum atomic E-state index is -0.382. The van der Waals surface area contributed by atoms with Crippen molar-refractivity contribution in [3.63, 3.8) is 0 Å². The second-order valence-electron chi connectivity index (χ2n) is 6.31. The molecule has 0 fully saturated rings. The Hall–Kier alpha value is -3.35. The molecule has 2 aromatic carbocycles. The van der Waals surface area contributed by atoms with Crippen LogP contribution in [0, 0.1) is 5.82 Å². The monoisotopic (exact) mass is 381 g/mol. The molecule has 1 heterocycles. The second kappa shape index (κ2) is 9.03. The maximum Gasteiger partial charge on any atom is 0.191 e. The summed E-state index contributed by atoms with van der Waals surface area (Å²) in [6.45, 7) is 2.55. The second-order valence-corrected chi connectivity index (χ2v) is 6.31. The number of nitrogens with one attached hydrogen (secondary N) is 2. The van der Waals surface area contributed by atoms with Gasteiger partial charge in [-0.1, -0.05) is 18.2 Å². The van der Waals surface area contributed by atoms with Crippen molar-refractivity contribution in [3.8, 4) is 11.4 Å². The van der Waals surface area contributed by atoms with E-state index in [4.69, 9.17) is 4.74 Å². The molecule has 1 unspecified atom stereocenters. The highest BCUT2D eigenvalue weighted by Crippen LogP contribution is 2.21. The van der Waals surface area contributed by atoms with Crippen LogP contribution in [0.15, 0.2) is 65.9 Å². The molecule has 0 saturated carbocycles. The minimum Gasteiger partial charge on any atom is -0.494 e. The van der Waals surface area contributed by atoms with Crippen molar-refractivity contribution in [1.82, 2.24) is 20.4 Å². The van der Waals surface area contributed by atoms with Gasteiger partial charge in [0.05, 0.1) is 18.8 Å². The lowest BCUT2D eigenvalue weighted by molar-refractivity contribution is 0.386. The van der Waals surface area contributed by atoms with E-state index in [1.54, 1.807) is 19.3 Å². The molecule has 1 atom stereocenters. The smallest absolute Gasteiger partial charge is 0.191 e. The third kappa shape index (κ3) is 4.68. The van der Waals surface area contributed by atoms with Gasteiger partial charge in [0.25, 0.3) is 0 Å². The number of aliphatic imine (C=N–C) groups is 1. The highest BCUT2D eigenvalue weighted by atomic mass is 19.1. The third-order valence-corrected chi connectivity index (χ3v) is 4.39. The van der Waals surface area contributed by atoms with Gasteiger partial charge in [-0.25, -0.2) is 9.07 Å². The fourth-order valence-electron chi connectivity index (χ4n) is 2.85. The van der Waals surface area contributed by atoms with Crippen molar-refractivity contribution in [1.29, 1.82) is 0 Å². The van der Waals surface area contributed by atoms with Gasteiger partial charge in [-0.15, -0.1) is 0 Å². The van der Waals surface area contributed by atoms with Crippen molar-refractivity contribution in [3.05, 3.63) is 77.9 Å². The number of benzene rings is 2. The molecule has 146 valence electrons. The van der Waals surface area contributed by atoms with Crippen LogP contribution in [0.3, 0.4) is 0 Å². The number of hydrogen-bond donors (Lipinski definition) is 2. The summed E-state index contributed by atoms with van der Waals surface area (Å²) in [5, 5.41) is 10.8. The summed E-state index contributed by atoms with van der Waals surface area (Å²) in [5.41, 5.74) is 2.90. The van der Waals surface area contributed by atoms with E-state index in [-0.39, 0.29) is 17.6 Å². The first-order valence-corrected chi connectivity index (χ1v) is 9.00. The molecule has 3 rings (SSSR count). The predicted molar refractivity (Wildman–Crippen MR) is 108 cm³/mol. The molecule has 0 bridgehead atoms. The molecule has 28 heavy (non-hydrogen) atoms. The lowest BCUT2D eigenvalue weighted by atomic mass is 10.1. The van der Waals surface area contributed by atoms with Crippen LogP contribution in [-0.4, -0.2) is 29.9 Å². The molecular weight excluding hydrogens is 357 g/mol. The number of guanidine groups is 1. The van der Waals surface area contributed by atoms with Crippen molar-refractivity contribution in [2.75, 3.05) is 14.2 Å². The van der Waals surface area contributed by atoms with Gasteiger partial charge in [-0.05, 0) is 48.4 Å². The van der Waals surface area contributed by atoms with E-state index in [1.165, 1.54) is 13.2 Å². The van der Waals surface area contributed by atoms with Gasteiger partial charge in [0.15, 0.2) is 17.5 Å². The van der Waals surface area contributed by atoms with Crippen LogP contribution in [0.4, 0.5) is 4.39 Å². The Morgan fingerprint density at radius 1 is 1.25 bits per heavy atom. The van der Waals surface area contributed by atoms with Gasteiger partial charge in [0.1, 0.15) is 0 Å². The maximum atomic E-state index is 13.9. The SMILES string of the molecule is CN=C(NCc1cccc(-n2cccn2)c1)NC(C)c1ccc(OC)c(F)c1. The normalized spacial score (nSPS) is 12.5. The summed E-state index contributed by atoms with van der Waals surface area (Å²) < 4.78 is 20.7. The lowest BCUT2D eigenvalue weighted by Crippen LogP contribution is -2.38. The first kappa shape index (κ1) is 19.4. The van der Waals surface area contributed by atoms with Crippen LogP contribution in [0.2, 0.25) is 0 Å². The van der Waals surface area contributed by atoms with Crippen molar-refractivity contribution in [2.45, 2.75) is 19.5 Å². The van der Waals surface area contributed by atoms with E-state index in [0.717, 1.165) is 16.8 Å². The molecule has 0 aliphatic carbocycles. The zero-order chi connectivity index (χ0) is 19.9. The minimum absolute atomic E-state index is 0.123. The first-order chi connectivity index (χ1) is 13.6. The Morgan fingerprint density at radius 2 is 2.11 bits per heavy atom. The molecule has 7 heteroatoms. The average Bonchev–Trinajstić information content (AvgIpc) is 3.26. The van der Waals surface area contributed by atoms with Gasteiger partial charge < -0.3 is 15.4 Å². The Bertz CT molecular complexity index is 940. The largest absolute Gasteiger partial charge is 0.494 e. The molecule has 2 N–H and O–H groups in total. The number of rotatable bonds is 6. The first-order valence-electron chi connectivity index (χ1n) is 9.00. The molecule has 6 nitrogen and oxygen atoms in total. The number of aromatic nitrogens is 2. The molecule has 0 spiro atoms. The molecule has 1 aromatic heterocycles. The zero-order valence-corrected chi connectivity index (χ0v) is 16.2. The summed E-state index contributed by atoms with van der Waals surface area (Å²) in [5.74, 6) is 0.482. The van der Waals surface area contributed by atoms with Gasteiger partial charge >= 0.3 is 0 Å². The Kier molecular flexibility index (Phi) is 6.26. The molecule has 0 radical (unpaired) electrons. The Morgan fingerprint density at radius 3 is 2.79 bits per heavy atom. The summed E-state index contributed by atoms with van der Waals surface area (Å²) in [6.07, 6.45) is 3.66. The molecule has 0 saturated heterocycles. The lowest BCUT2D eigenvalue weighted by Gasteiger charge is -2.19. The van der Waals surface area contributed by atoms with Crippen LogP contribution < -0.4 is 15.4 Å². The van der Waals surface area contributed by atoms with Crippen molar-refractivity contribution in [2.24, 2.45) is 4.99 Å². The van der Waals surface area contributed by atoms with Crippen molar-refractivity contribution < 1.29 is 9.13 Å². The van der Waals surface area contributed by atoms with Crippen LogP contribution in [-0.2, 0) is 6.54 Å². The average molecular weight is 381 g/mol. The Balaban J connectivity index is 1.62. The fourth-order valence-corrected chi connectivity index (χ4v) is 2.85. The van der Waals surface area contributed by atoms with E-state index in [1.807, 2.05) is 48.1 Å². The topological polar surface area (TPSA) is 63.5 Å². The summed E-state index contributed by atoms with van der Waals surface area (Å²) in [7, 11) is 3.16. The van der Waals surface area contributed by atoms with E-state index < -0.39 is 0 Å². The van der Waals surface area contributed by atoms with Gasteiger partial charge in [0.2, 0.25) is 0 Å². The highest BCUT2D eigenvalue weighted by Gasteiger charge is 2.11. The van der Waals surface area contributed by atoms with Crippen LogP contribution in [0.1, 0.15) is 24.1 Å². The number of nitrogens with zero attached hydrogens (tertiary/aromatic N) is 3. The van der Waals surface area contributed by atoms with Gasteiger partial charge in [-0.3, -0.25) is 4.99 Å². The van der Waals surface area contributed by atoms with Crippen LogP contribution >= 0.6 is 0 Å². The maximum absolute atomic E-state index is 13.9. The summed E-state index contributed by atoms with van der Waals surface area (Å²) in [4.78, 5) is 4.26. The third-order valence-electron chi connectivity index (χ3n) is 4.39. The number of ether oxygens (including phenoxy) is 1. The summed E-state index contributed by atoms with van der Waals surface area (Å²) >= 11 is 0. The standard InChI is InChI=1S/C21H24FN5O/c1-15(17-8-9-20(28-3)19(22)13-17)26-21(23-2)24-14-16-6-4-7-18(12-16)27-11-5-10-25-27/h4-13,15H,14H2,1-3H3,(H2,23,24,26). The molecular formula is C21H24FN5O. The highest BCUT2D eigenvalue weighted by molar-refractivity contribution is 5.80. The van der Waals surface area contributed by atoms with Crippen LogP contribution in [0.5, 0.6) is 5.75 Å². The summed E-state index contributed by atoms with van der Waals surface area (Å²) in [6, 6.07) is 14.8. The van der Waals surface area contributed by atoms with E-state index in [9.17, 15) is 4.39 Å². The van der Waals surface area contributed by atoms with Gasteiger partial charge in [0, 0.05) is 26.0 Å². The van der Waals surface area contributed by atoms with E-state index in [0.29, 0.717) is 12.5 Å².